The lowest BCUT2D eigenvalue weighted by Gasteiger charge is -2.46. The molecule has 1 aromatic rings. The van der Waals surface area contributed by atoms with Crippen molar-refractivity contribution in [3.8, 4) is 0 Å². The molecule has 0 bridgehead atoms. The Morgan fingerprint density at radius 1 is 1.22 bits per heavy atom. The monoisotopic (exact) mass is 375 g/mol. The number of hydrazone groups is 1. The summed E-state index contributed by atoms with van der Waals surface area (Å²) in [6.45, 7) is 8.21. The van der Waals surface area contributed by atoms with Gasteiger partial charge in [-0.2, -0.15) is 5.10 Å². The average molecular weight is 375 g/mol. The van der Waals surface area contributed by atoms with Gasteiger partial charge in [0.2, 0.25) is 0 Å². The van der Waals surface area contributed by atoms with Crippen LogP contribution in [0.25, 0.3) is 0 Å². The predicted molar refractivity (Wildman–Crippen MR) is 101 cm³/mol. The van der Waals surface area contributed by atoms with Crippen LogP contribution in [0.15, 0.2) is 29.4 Å². The minimum atomic E-state index is -0.883. The van der Waals surface area contributed by atoms with Crippen LogP contribution in [0.2, 0.25) is 0 Å². The second-order valence-corrected chi connectivity index (χ2v) is 8.02. The summed E-state index contributed by atoms with van der Waals surface area (Å²) in [5.41, 5.74) is 2.18. The third kappa shape index (κ3) is 6.14. The van der Waals surface area contributed by atoms with Crippen LogP contribution in [-0.4, -0.2) is 40.1 Å². The highest BCUT2D eigenvalue weighted by atomic mass is 16.6. The highest BCUT2D eigenvalue weighted by Crippen LogP contribution is 2.28. The topological polar surface area (TPSA) is 126 Å². The smallest absolute Gasteiger partial charge is 0.329 e. The average Bonchev–Trinajstić information content (AvgIpc) is 2.51. The van der Waals surface area contributed by atoms with Crippen molar-refractivity contribution in [2.45, 2.75) is 57.7 Å². The molecule has 0 aromatic heterocycles. The summed E-state index contributed by atoms with van der Waals surface area (Å²) >= 11 is 0. The van der Waals surface area contributed by atoms with Crippen LogP contribution in [0.1, 0.15) is 46.1 Å². The Morgan fingerprint density at radius 2 is 1.85 bits per heavy atom. The Kier molecular flexibility index (Phi) is 5.94. The van der Waals surface area contributed by atoms with Gasteiger partial charge in [0.1, 0.15) is 0 Å². The van der Waals surface area contributed by atoms with Gasteiger partial charge in [0.25, 0.3) is 5.69 Å². The number of non-ortho nitro benzene ring substituents is 1. The van der Waals surface area contributed by atoms with Crippen molar-refractivity contribution in [1.82, 2.24) is 16.1 Å². The van der Waals surface area contributed by atoms with Crippen LogP contribution in [-0.2, 0) is 9.59 Å². The molecule has 1 aliphatic rings. The highest BCUT2D eigenvalue weighted by Gasteiger charge is 2.38. The number of rotatable bonds is 4. The van der Waals surface area contributed by atoms with Crippen molar-refractivity contribution < 1.29 is 14.5 Å². The van der Waals surface area contributed by atoms with Crippen molar-refractivity contribution in [1.29, 1.82) is 0 Å². The molecule has 1 aliphatic heterocycles. The Hall–Kier alpha value is -2.81. The summed E-state index contributed by atoms with van der Waals surface area (Å²) in [6, 6.07) is 5.65. The summed E-state index contributed by atoms with van der Waals surface area (Å²) in [5.74, 6) is -1.64. The van der Waals surface area contributed by atoms with Crippen LogP contribution in [0.5, 0.6) is 0 Å². The van der Waals surface area contributed by atoms with E-state index in [1.165, 1.54) is 24.4 Å². The lowest BCUT2D eigenvalue weighted by Crippen LogP contribution is -2.62. The lowest BCUT2D eigenvalue weighted by atomic mass is 9.79. The summed E-state index contributed by atoms with van der Waals surface area (Å²) in [6.07, 6.45) is 2.65. The number of carbonyl (C=O) groups is 2. The highest BCUT2D eigenvalue weighted by molar-refractivity contribution is 6.35. The van der Waals surface area contributed by atoms with E-state index in [2.05, 4.69) is 48.9 Å². The molecule has 1 heterocycles. The van der Waals surface area contributed by atoms with E-state index in [1.54, 1.807) is 6.07 Å². The third-order valence-electron chi connectivity index (χ3n) is 4.19. The minimum absolute atomic E-state index is 0.0841. The second kappa shape index (κ2) is 7.83. The summed E-state index contributed by atoms with van der Waals surface area (Å²) in [5, 5.41) is 20.7. The molecule has 0 atom stereocenters. The molecular weight excluding hydrogens is 350 g/mol. The van der Waals surface area contributed by atoms with Gasteiger partial charge in [0.15, 0.2) is 0 Å². The minimum Gasteiger partial charge on any atom is -0.345 e. The van der Waals surface area contributed by atoms with E-state index in [9.17, 15) is 19.7 Å². The number of nitrogens with zero attached hydrogens (tertiary/aromatic N) is 2. The number of benzene rings is 1. The van der Waals surface area contributed by atoms with E-state index >= 15 is 0 Å². The predicted octanol–water partition coefficient (Wildman–Crippen LogP) is 1.47. The molecule has 3 N–H and O–H groups in total. The standard InChI is InChI=1S/C18H25N5O4/c1-17(2)9-13(10-18(3,4)22-17)20-15(24)16(25)21-19-11-12-6-5-7-14(8-12)23(26)27/h5-8,11,13,22H,9-10H2,1-4H3,(H,20,24)(H,21,25). The molecule has 0 unspecified atom stereocenters. The zero-order valence-corrected chi connectivity index (χ0v) is 15.9. The molecule has 9 heteroatoms. The first kappa shape index (κ1) is 20.5. The Balaban J connectivity index is 1.91. The Labute approximate surface area is 157 Å². The number of hydrogen-bond donors (Lipinski definition) is 3. The van der Waals surface area contributed by atoms with Gasteiger partial charge >= 0.3 is 11.8 Å². The van der Waals surface area contributed by atoms with Crippen molar-refractivity contribution in [2.24, 2.45) is 5.10 Å². The van der Waals surface area contributed by atoms with Gasteiger partial charge in [-0.25, -0.2) is 5.43 Å². The fourth-order valence-electron chi connectivity index (χ4n) is 3.61. The first-order chi connectivity index (χ1) is 12.5. The fraction of sp³-hybridized carbons (Fsp3) is 0.500. The Bertz CT molecular complexity index is 757. The van der Waals surface area contributed by atoms with Gasteiger partial charge in [0.05, 0.1) is 11.1 Å². The van der Waals surface area contributed by atoms with Crippen molar-refractivity contribution in [3.63, 3.8) is 0 Å². The maximum atomic E-state index is 12.1. The van der Waals surface area contributed by atoms with Crippen molar-refractivity contribution in [2.75, 3.05) is 0 Å². The number of nitrogens with one attached hydrogen (secondary N) is 3. The van der Waals surface area contributed by atoms with Crippen LogP contribution >= 0.6 is 0 Å². The molecule has 2 amide bonds. The normalized spacial score (nSPS) is 18.8. The van der Waals surface area contributed by atoms with Crippen LogP contribution in [0.4, 0.5) is 5.69 Å². The molecular formula is C18H25N5O4. The van der Waals surface area contributed by atoms with Crippen LogP contribution in [0, 0.1) is 10.1 Å². The number of amides is 2. The molecule has 2 rings (SSSR count). The van der Waals surface area contributed by atoms with Gasteiger partial charge in [-0.3, -0.25) is 19.7 Å². The summed E-state index contributed by atoms with van der Waals surface area (Å²) in [7, 11) is 0. The van der Waals surface area contributed by atoms with Crippen molar-refractivity contribution >= 4 is 23.7 Å². The summed E-state index contributed by atoms with van der Waals surface area (Å²) < 4.78 is 0. The SMILES string of the molecule is CC1(C)CC(NC(=O)C(=O)NN=Cc2cccc([N+](=O)[O-])c2)CC(C)(C)N1. The molecule has 0 spiro atoms. The van der Waals surface area contributed by atoms with E-state index in [1.807, 2.05) is 0 Å². The van der Waals surface area contributed by atoms with E-state index in [4.69, 9.17) is 0 Å². The number of nitro groups is 1. The largest absolute Gasteiger partial charge is 0.345 e. The first-order valence-corrected chi connectivity index (χ1v) is 8.65. The van der Waals surface area contributed by atoms with Crippen LogP contribution in [0.3, 0.4) is 0 Å². The second-order valence-electron chi connectivity index (χ2n) is 8.02. The number of carbonyl (C=O) groups excluding carboxylic acids is 2. The molecule has 9 nitrogen and oxygen atoms in total. The summed E-state index contributed by atoms with van der Waals surface area (Å²) in [4.78, 5) is 34.3. The molecule has 27 heavy (non-hydrogen) atoms. The zero-order chi connectivity index (χ0) is 20.2. The molecule has 0 aliphatic carbocycles. The van der Waals surface area contributed by atoms with E-state index < -0.39 is 16.7 Å². The molecule has 0 radical (unpaired) electrons. The Morgan fingerprint density at radius 3 is 2.44 bits per heavy atom. The zero-order valence-electron chi connectivity index (χ0n) is 15.9. The third-order valence-corrected chi connectivity index (χ3v) is 4.19. The quantitative estimate of drug-likeness (QED) is 0.318. The van der Waals surface area contributed by atoms with E-state index in [-0.39, 0.29) is 22.8 Å². The van der Waals surface area contributed by atoms with Crippen molar-refractivity contribution in [3.05, 3.63) is 39.9 Å². The molecule has 146 valence electrons. The van der Waals surface area contributed by atoms with Gasteiger partial charge in [0, 0.05) is 34.8 Å². The van der Waals surface area contributed by atoms with Gasteiger partial charge in [-0.05, 0) is 40.5 Å². The van der Waals surface area contributed by atoms with Gasteiger partial charge < -0.3 is 10.6 Å². The number of nitro benzene ring substituents is 1. The first-order valence-electron chi connectivity index (χ1n) is 8.65. The molecule has 1 aromatic carbocycles. The van der Waals surface area contributed by atoms with Crippen LogP contribution < -0.4 is 16.1 Å². The number of hydrogen-bond acceptors (Lipinski definition) is 6. The maximum absolute atomic E-state index is 12.1. The van der Waals surface area contributed by atoms with E-state index in [0.29, 0.717) is 18.4 Å². The van der Waals surface area contributed by atoms with Gasteiger partial charge in [-0.1, -0.05) is 12.1 Å². The van der Waals surface area contributed by atoms with E-state index in [0.717, 1.165) is 0 Å². The molecule has 1 saturated heterocycles. The lowest BCUT2D eigenvalue weighted by molar-refractivity contribution is -0.384. The molecule has 1 fully saturated rings. The number of piperidine rings is 1. The fourth-order valence-corrected chi connectivity index (χ4v) is 3.61. The molecule has 0 saturated carbocycles. The maximum Gasteiger partial charge on any atom is 0.329 e. The van der Waals surface area contributed by atoms with Gasteiger partial charge in [-0.15, -0.1) is 0 Å².